The Bertz CT molecular complexity index is 241. The molecule has 0 radical (unpaired) electrons. The summed E-state index contributed by atoms with van der Waals surface area (Å²) in [6.45, 7) is 4.47. The Kier molecular flexibility index (Phi) is 5.00. The molecule has 0 aliphatic heterocycles. The third-order valence-corrected chi connectivity index (χ3v) is 4.14. The lowest BCUT2D eigenvalue weighted by Crippen LogP contribution is -2.54. The lowest BCUT2D eigenvalue weighted by Gasteiger charge is -2.39. The highest BCUT2D eigenvalue weighted by Crippen LogP contribution is 2.26. The van der Waals surface area contributed by atoms with Crippen LogP contribution in [0.15, 0.2) is 11.6 Å². The van der Waals surface area contributed by atoms with E-state index in [1.807, 2.05) is 0 Å². The molecule has 0 aromatic heterocycles. The third-order valence-electron chi connectivity index (χ3n) is 4.14. The fourth-order valence-electron chi connectivity index (χ4n) is 2.23. The summed E-state index contributed by atoms with van der Waals surface area (Å²) in [4.78, 5) is 2.23. The van der Waals surface area contributed by atoms with Crippen molar-refractivity contribution in [3.8, 4) is 0 Å². The molecular weight excluding hydrogens is 196 g/mol. The lowest BCUT2D eigenvalue weighted by atomic mass is 9.84. The fraction of sp³-hybridized carbons (Fsp3) is 0.857. The Morgan fingerprint density at radius 1 is 1.19 bits per heavy atom. The maximum Gasteiger partial charge on any atom is 0.0435 e. The van der Waals surface area contributed by atoms with E-state index in [0.29, 0.717) is 0 Å². The van der Waals surface area contributed by atoms with Crippen molar-refractivity contribution in [1.82, 2.24) is 4.90 Å². The summed E-state index contributed by atoms with van der Waals surface area (Å²) < 4.78 is 0. The van der Waals surface area contributed by atoms with Crippen LogP contribution in [0.5, 0.6) is 0 Å². The quantitative estimate of drug-likeness (QED) is 0.747. The molecule has 1 aliphatic carbocycles. The summed E-state index contributed by atoms with van der Waals surface area (Å²) in [5, 5.41) is 0. The van der Waals surface area contributed by atoms with Gasteiger partial charge in [0.25, 0.3) is 0 Å². The smallest absolute Gasteiger partial charge is 0.0435 e. The molecule has 0 bridgehead atoms. The number of likely N-dealkylation sites (N-methyl/N-ethyl adjacent to an activating group) is 1. The first-order valence-corrected chi connectivity index (χ1v) is 6.58. The highest BCUT2D eigenvalue weighted by atomic mass is 15.2. The van der Waals surface area contributed by atoms with Crippen molar-refractivity contribution in [2.24, 2.45) is 5.73 Å². The molecule has 1 unspecified atom stereocenters. The SMILES string of the molecule is CN(C)C(C)(C)C(N)C1=CCCCCCC1. The van der Waals surface area contributed by atoms with Crippen molar-refractivity contribution in [3.63, 3.8) is 0 Å². The summed E-state index contributed by atoms with van der Waals surface area (Å²) in [5.41, 5.74) is 7.96. The molecule has 1 rings (SSSR count). The zero-order valence-electron chi connectivity index (χ0n) is 11.4. The van der Waals surface area contributed by atoms with Gasteiger partial charge in [0.2, 0.25) is 0 Å². The second-order valence-corrected chi connectivity index (χ2v) is 5.76. The van der Waals surface area contributed by atoms with Crippen LogP contribution in [-0.4, -0.2) is 30.6 Å². The first-order valence-electron chi connectivity index (χ1n) is 6.58. The second-order valence-electron chi connectivity index (χ2n) is 5.76. The molecule has 1 aliphatic rings. The molecule has 0 aromatic rings. The van der Waals surface area contributed by atoms with Gasteiger partial charge in [-0.15, -0.1) is 0 Å². The number of nitrogens with zero attached hydrogens (tertiary/aromatic N) is 1. The largest absolute Gasteiger partial charge is 0.323 e. The Morgan fingerprint density at radius 2 is 1.81 bits per heavy atom. The van der Waals surface area contributed by atoms with Crippen LogP contribution in [-0.2, 0) is 0 Å². The van der Waals surface area contributed by atoms with Gasteiger partial charge in [-0.25, -0.2) is 0 Å². The summed E-state index contributed by atoms with van der Waals surface area (Å²) >= 11 is 0. The first kappa shape index (κ1) is 13.7. The molecule has 16 heavy (non-hydrogen) atoms. The van der Waals surface area contributed by atoms with E-state index in [-0.39, 0.29) is 11.6 Å². The monoisotopic (exact) mass is 224 g/mol. The highest BCUT2D eigenvalue weighted by Gasteiger charge is 2.30. The third kappa shape index (κ3) is 3.33. The average molecular weight is 224 g/mol. The number of hydrogen-bond acceptors (Lipinski definition) is 2. The Labute approximate surface area is 101 Å². The van der Waals surface area contributed by atoms with Crippen LogP contribution in [0, 0.1) is 0 Å². The van der Waals surface area contributed by atoms with Gasteiger partial charge in [0.15, 0.2) is 0 Å². The van der Waals surface area contributed by atoms with Gasteiger partial charge >= 0.3 is 0 Å². The molecule has 94 valence electrons. The van der Waals surface area contributed by atoms with E-state index < -0.39 is 0 Å². The van der Waals surface area contributed by atoms with Crippen molar-refractivity contribution in [1.29, 1.82) is 0 Å². The lowest BCUT2D eigenvalue weighted by molar-refractivity contribution is 0.170. The topological polar surface area (TPSA) is 29.3 Å². The number of allylic oxidation sites excluding steroid dienone is 1. The molecule has 2 N–H and O–H groups in total. The predicted molar refractivity (Wildman–Crippen MR) is 71.5 cm³/mol. The number of nitrogens with two attached hydrogens (primary N) is 1. The Balaban J connectivity index is 2.73. The van der Waals surface area contributed by atoms with Crippen LogP contribution >= 0.6 is 0 Å². The maximum atomic E-state index is 6.44. The molecule has 0 fully saturated rings. The summed E-state index contributed by atoms with van der Waals surface area (Å²) in [6.07, 6.45) is 10.2. The minimum atomic E-state index is 0.0467. The summed E-state index contributed by atoms with van der Waals surface area (Å²) in [5.74, 6) is 0. The predicted octanol–water partition coefficient (Wildman–Crippen LogP) is 2.93. The van der Waals surface area contributed by atoms with Crippen molar-refractivity contribution in [3.05, 3.63) is 11.6 Å². The van der Waals surface area contributed by atoms with E-state index in [9.17, 15) is 0 Å². The molecule has 0 spiro atoms. The van der Waals surface area contributed by atoms with Gasteiger partial charge in [0, 0.05) is 11.6 Å². The van der Waals surface area contributed by atoms with Gasteiger partial charge in [-0.3, -0.25) is 0 Å². The molecule has 0 amide bonds. The number of hydrogen-bond donors (Lipinski definition) is 1. The minimum Gasteiger partial charge on any atom is -0.323 e. The van der Waals surface area contributed by atoms with Crippen LogP contribution in [0.3, 0.4) is 0 Å². The van der Waals surface area contributed by atoms with Gasteiger partial charge in [-0.05, 0) is 53.6 Å². The Hall–Kier alpha value is -0.340. The fourth-order valence-corrected chi connectivity index (χ4v) is 2.23. The first-order chi connectivity index (χ1) is 7.46. The normalized spacial score (nSPS) is 21.2. The van der Waals surface area contributed by atoms with Crippen LogP contribution in [0.25, 0.3) is 0 Å². The zero-order valence-corrected chi connectivity index (χ0v) is 11.4. The van der Waals surface area contributed by atoms with Crippen LogP contribution in [0.4, 0.5) is 0 Å². The van der Waals surface area contributed by atoms with E-state index in [0.717, 1.165) is 0 Å². The molecule has 0 heterocycles. The summed E-state index contributed by atoms with van der Waals surface area (Å²) in [6, 6.07) is 0.167. The zero-order chi connectivity index (χ0) is 12.2. The van der Waals surface area contributed by atoms with Crippen LogP contribution in [0.2, 0.25) is 0 Å². The average Bonchev–Trinajstić information content (AvgIpc) is 2.16. The summed E-state index contributed by atoms with van der Waals surface area (Å²) in [7, 11) is 4.23. The molecule has 0 saturated heterocycles. The van der Waals surface area contributed by atoms with Crippen LogP contribution in [0.1, 0.15) is 52.4 Å². The van der Waals surface area contributed by atoms with Gasteiger partial charge in [-0.2, -0.15) is 0 Å². The van der Waals surface area contributed by atoms with Gasteiger partial charge < -0.3 is 10.6 Å². The van der Waals surface area contributed by atoms with E-state index in [2.05, 4.69) is 38.9 Å². The maximum absolute atomic E-state index is 6.44. The van der Waals surface area contributed by atoms with Crippen molar-refractivity contribution in [2.45, 2.75) is 64.0 Å². The van der Waals surface area contributed by atoms with E-state index in [1.54, 1.807) is 0 Å². The van der Waals surface area contributed by atoms with E-state index >= 15 is 0 Å². The van der Waals surface area contributed by atoms with Crippen LogP contribution < -0.4 is 5.73 Å². The molecule has 0 saturated carbocycles. The standard InChI is InChI=1S/C14H28N2/c1-14(2,16(3)4)13(15)12-10-8-6-5-7-9-11-12/h10,13H,5-9,11,15H2,1-4H3. The molecule has 0 aromatic carbocycles. The molecule has 1 atom stereocenters. The minimum absolute atomic E-state index is 0.0467. The Morgan fingerprint density at radius 3 is 2.44 bits per heavy atom. The van der Waals surface area contributed by atoms with E-state index in [4.69, 9.17) is 5.73 Å². The van der Waals surface area contributed by atoms with Gasteiger partial charge in [0.05, 0.1) is 0 Å². The highest BCUT2D eigenvalue weighted by molar-refractivity contribution is 5.17. The molecule has 2 heteroatoms. The van der Waals surface area contributed by atoms with Gasteiger partial charge in [-0.1, -0.05) is 24.5 Å². The second kappa shape index (κ2) is 5.83. The molecule has 2 nitrogen and oxygen atoms in total. The van der Waals surface area contributed by atoms with Crippen molar-refractivity contribution in [2.75, 3.05) is 14.1 Å². The number of rotatable bonds is 3. The van der Waals surface area contributed by atoms with Crippen molar-refractivity contribution >= 4 is 0 Å². The molecular formula is C14H28N2. The van der Waals surface area contributed by atoms with Crippen molar-refractivity contribution < 1.29 is 0 Å². The van der Waals surface area contributed by atoms with Gasteiger partial charge in [0.1, 0.15) is 0 Å². The van der Waals surface area contributed by atoms with E-state index in [1.165, 1.54) is 44.1 Å².